The third-order valence-corrected chi connectivity index (χ3v) is 7.97. The molecular formula is C34H21Br. The van der Waals surface area contributed by atoms with Crippen molar-refractivity contribution in [2.45, 2.75) is 0 Å². The summed E-state index contributed by atoms with van der Waals surface area (Å²) in [6, 6.07) is 46.2. The Balaban J connectivity index is 1.47. The van der Waals surface area contributed by atoms with Crippen molar-refractivity contribution >= 4 is 59.0 Å². The van der Waals surface area contributed by atoms with E-state index in [1.54, 1.807) is 0 Å². The maximum atomic E-state index is 3.87. The Hall–Kier alpha value is -3.94. The van der Waals surface area contributed by atoms with Crippen LogP contribution in [0.3, 0.4) is 0 Å². The predicted molar refractivity (Wildman–Crippen MR) is 155 cm³/mol. The first-order chi connectivity index (χ1) is 17.3. The van der Waals surface area contributed by atoms with Gasteiger partial charge in [0.15, 0.2) is 0 Å². The van der Waals surface area contributed by atoms with Gasteiger partial charge in [0, 0.05) is 4.47 Å². The van der Waals surface area contributed by atoms with Gasteiger partial charge in [0.2, 0.25) is 0 Å². The molecule has 0 aliphatic heterocycles. The van der Waals surface area contributed by atoms with E-state index in [1.807, 2.05) is 0 Å². The maximum Gasteiger partial charge on any atom is 0.0332 e. The average Bonchev–Trinajstić information content (AvgIpc) is 2.93. The molecule has 164 valence electrons. The third kappa shape index (κ3) is 3.20. The first-order valence-electron chi connectivity index (χ1n) is 11.9. The van der Waals surface area contributed by atoms with Crippen LogP contribution in [0.25, 0.3) is 65.3 Å². The van der Waals surface area contributed by atoms with E-state index in [9.17, 15) is 0 Å². The van der Waals surface area contributed by atoms with Crippen molar-refractivity contribution in [3.63, 3.8) is 0 Å². The summed E-state index contributed by atoms with van der Waals surface area (Å²) >= 11 is 3.87. The number of halogens is 1. The van der Waals surface area contributed by atoms with E-state index in [-0.39, 0.29) is 0 Å². The van der Waals surface area contributed by atoms with Crippen LogP contribution in [0.4, 0.5) is 0 Å². The molecule has 1 heteroatoms. The predicted octanol–water partition coefficient (Wildman–Crippen LogP) is 10.4. The minimum atomic E-state index is 1.16. The lowest BCUT2D eigenvalue weighted by Crippen LogP contribution is -1.88. The molecule has 7 aromatic carbocycles. The number of benzene rings is 7. The molecule has 0 heterocycles. The molecule has 7 aromatic rings. The Morgan fingerprint density at radius 1 is 0.371 bits per heavy atom. The van der Waals surface area contributed by atoms with Crippen molar-refractivity contribution < 1.29 is 0 Å². The zero-order chi connectivity index (χ0) is 23.4. The van der Waals surface area contributed by atoms with Gasteiger partial charge >= 0.3 is 0 Å². The Morgan fingerprint density at radius 2 is 0.829 bits per heavy atom. The number of fused-ring (bicyclic) bond motifs is 5. The second-order valence-corrected chi connectivity index (χ2v) is 9.84. The largest absolute Gasteiger partial charge is 0.0616 e. The van der Waals surface area contributed by atoms with Gasteiger partial charge in [-0.3, -0.25) is 0 Å². The highest BCUT2D eigenvalue weighted by molar-refractivity contribution is 9.10. The second kappa shape index (κ2) is 8.08. The van der Waals surface area contributed by atoms with Gasteiger partial charge in [-0.05, 0) is 87.3 Å². The van der Waals surface area contributed by atoms with E-state index in [1.165, 1.54) is 65.3 Å². The molecule has 0 unspecified atom stereocenters. The number of rotatable bonds is 2. The summed E-state index contributed by atoms with van der Waals surface area (Å²) in [5.41, 5.74) is 5.03. The monoisotopic (exact) mass is 508 g/mol. The van der Waals surface area contributed by atoms with E-state index >= 15 is 0 Å². The quantitative estimate of drug-likeness (QED) is 0.161. The minimum Gasteiger partial charge on any atom is -0.0616 e. The van der Waals surface area contributed by atoms with Gasteiger partial charge in [0.1, 0.15) is 0 Å². The third-order valence-electron chi connectivity index (χ3n) is 7.12. The fraction of sp³-hybridized carbons (Fsp3) is 0. The molecule has 0 spiro atoms. The van der Waals surface area contributed by atoms with Crippen molar-refractivity contribution in [1.82, 2.24) is 0 Å². The van der Waals surface area contributed by atoms with Gasteiger partial charge in [-0.2, -0.15) is 0 Å². The zero-order valence-corrected chi connectivity index (χ0v) is 20.6. The first-order valence-corrected chi connectivity index (χ1v) is 12.7. The SMILES string of the molecule is Brc1c2ccccc2c(-c2ccc(-c3cc4ccccc4c4ccccc34)cc2)c2ccccc12. The van der Waals surface area contributed by atoms with Gasteiger partial charge in [-0.25, -0.2) is 0 Å². The lowest BCUT2D eigenvalue weighted by atomic mass is 9.90. The van der Waals surface area contributed by atoms with E-state index < -0.39 is 0 Å². The standard InChI is InChI=1S/C34H21Br/c35-34-30-15-7-5-13-28(30)33(29-14-6-8-16-31(29)34)23-19-17-22(18-20-23)32-21-24-9-1-2-10-25(24)26-11-3-4-12-27(26)32/h1-21H. The Kier molecular flexibility index (Phi) is 4.72. The molecule has 0 radical (unpaired) electrons. The van der Waals surface area contributed by atoms with Crippen molar-refractivity contribution in [3.8, 4) is 22.3 Å². The highest BCUT2D eigenvalue weighted by Gasteiger charge is 2.14. The van der Waals surface area contributed by atoms with Gasteiger partial charge in [-0.15, -0.1) is 0 Å². The highest BCUT2D eigenvalue weighted by Crippen LogP contribution is 2.42. The van der Waals surface area contributed by atoms with Crippen LogP contribution in [-0.2, 0) is 0 Å². The molecule has 0 saturated heterocycles. The summed E-state index contributed by atoms with van der Waals surface area (Å²) in [5.74, 6) is 0. The van der Waals surface area contributed by atoms with Crippen LogP contribution in [-0.4, -0.2) is 0 Å². The van der Waals surface area contributed by atoms with Crippen LogP contribution >= 0.6 is 15.9 Å². The summed E-state index contributed by atoms with van der Waals surface area (Å²) in [6.07, 6.45) is 0. The number of hydrogen-bond donors (Lipinski definition) is 0. The first kappa shape index (κ1) is 20.4. The van der Waals surface area contributed by atoms with Gasteiger partial charge in [-0.1, -0.05) is 121 Å². The van der Waals surface area contributed by atoms with Gasteiger partial charge in [0.05, 0.1) is 0 Å². The summed E-state index contributed by atoms with van der Waals surface area (Å²) < 4.78 is 1.16. The molecular weight excluding hydrogens is 488 g/mol. The van der Waals surface area contributed by atoms with Gasteiger partial charge in [0.25, 0.3) is 0 Å². The van der Waals surface area contributed by atoms with E-state index in [0.29, 0.717) is 0 Å². The molecule has 0 fully saturated rings. The minimum absolute atomic E-state index is 1.16. The molecule has 7 rings (SSSR count). The summed E-state index contributed by atoms with van der Waals surface area (Å²) in [5, 5.41) is 10.2. The van der Waals surface area contributed by atoms with Crippen molar-refractivity contribution in [2.75, 3.05) is 0 Å². The lowest BCUT2D eigenvalue weighted by Gasteiger charge is -2.15. The van der Waals surface area contributed by atoms with Crippen LogP contribution in [0, 0.1) is 0 Å². The van der Waals surface area contributed by atoms with Crippen molar-refractivity contribution in [1.29, 1.82) is 0 Å². The van der Waals surface area contributed by atoms with Gasteiger partial charge < -0.3 is 0 Å². The molecule has 0 aromatic heterocycles. The van der Waals surface area contributed by atoms with Crippen LogP contribution in [0.5, 0.6) is 0 Å². The zero-order valence-electron chi connectivity index (χ0n) is 19.0. The summed E-state index contributed by atoms with van der Waals surface area (Å²) in [4.78, 5) is 0. The number of hydrogen-bond acceptors (Lipinski definition) is 0. The second-order valence-electron chi connectivity index (χ2n) is 9.05. The average molecular weight is 509 g/mol. The smallest absolute Gasteiger partial charge is 0.0332 e. The molecule has 0 bridgehead atoms. The van der Waals surface area contributed by atoms with E-state index in [4.69, 9.17) is 0 Å². The Labute approximate surface area is 212 Å². The normalized spacial score (nSPS) is 11.6. The maximum absolute atomic E-state index is 3.87. The molecule has 35 heavy (non-hydrogen) atoms. The van der Waals surface area contributed by atoms with Crippen LogP contribution < -0.4 is 0 Å². The molecule has 0 atom stereocenters. The van der Waals surface area contributed by atoms with Crippen molar-refractivity contribution in [2.24, 2.45) is 0 Å². The lowest BCUT2D eigenvalue weighted by molar-refractivity contribution is 1.64. The topological polar surface area (TPSA) is 0 Å². The van der Waals surface area contributed by atoms with Crippen LogP contribution in [0.2, 0.25) is 0 Å². The molecule has 0 N–H and O–H groups in total. The fourth-order valence-electron chi connectivity index (χ4n) is 5.50. The molecule has 0 amide bonds. The Bertz CT molecular complexity index is 1840. The highest BCUT2D eigenvalue weighted by atomic mass is 79.9. The van der Waals surface area contributed by atoms with Crippen molar-refractivity contribution in [3.05, 3.63) is 132 Å². The molecule has 0 saturated carbocycles. The van der Waals surface area contributed by atoms with E-state index in [0.717, 1.165) is 4.47 Å². The summed E-state index contributed by atoms with van der Waals surface area (Å²) in [7, 11) is 0. The van der Waals surface area contributed by atoms with Crippen LogP contribution in [0.1, 0.15) is 0 Å². The summed E-state index contributed by atoms with van der Waals surface area (Å²) in [6.45, 7) is 0. The Morgan fingerprint density at radius 3 is 1.46 bits per heavy atom. The molecule has 0 nitrogen and oxygen atoms in total. The van der Waals surface area contributed by atoms with Crippen LogP contribution in [0.15, 0.2) is 132 Å². The van der Waals surface area contributed by atoms with E-state index in [2.05, 4.69) is 143 Å². The molecule has 0 aliphatic rings. The molecule has 0 aliphatic carbocycles. The fourth-order valence-corrected chi connectivity index (χ4v) is 6.19.